The number of hydrogen-bond acceptors (Lipinski definition) is 5. The van der Waals surface area contributed by atoms with E-state index in [1.165, 1.54) is 26.9 Å². The summed E-state index contributed by atoms with van der Waals surface area (Å²) in [5.41, 5.74) is 1.67. The van der Waals surface area contributed by atoms with Gasteiger partial charge in [-0.2, -0.15) is 0 Å². The topological polar surface area (TPSA) is 77.1 Å². The van der Waals surface area contributed by atoms with Gasteiger partial charge < -0.3 is 24.4 Å². The second kappa shape index (κ2) is 10.7. The maximum absolute atomic E-state index is 13.0. The van der Waals surface area contributed by atoms with E-state index in [1.54, 1.807) is 17.0 Å². The molecule has 2 aromatic carbocycles. The number of methoxy groups -OCH3 is 3. The summed E-state index contributed by atoms with van der Waals surface area (Å²) in [6.45, 7) is 1.69. The van der Waals surface area contributed by atoms with Crippen molar-refractivity contribution in [2.24, 2.45) is 5.92 Å². The van der Waals surface area contributed by atoms with Crippen molar-refractivity contribution in [3.8, 4) is 17.2 Å². The molecule has 1 heterocycles. The van der Waals surface area contributed by atoms with Gasteiger partial charge in [-0.1, -0.05) is 30.3 Å². The standard InChI is InChI=1S/C24H30N2O5/c1-29-20-15-19(16-21(30-2)22(20)31-3)24(28)26-13-10-18(11-14-26)23(27)25-12-9-17-7-5-4-6-8-17/h4-8,15-16,18H,9-14H2,1-3H3,(H,25,27). The second-order valence-electron chi connectivity index (χ2n) is 7.51. The van der Waals surface area contributed by atoms with E-state index in [0.717, 1.165) is 6.42 Å². The van der Waals surface area contributed by atoms with Crippen LogP contribution in [0.2, 0.25) is 0 Å². The smallest absolute Gasteiger partial charge is 0.254 e. The van der Waals surface area contributed by atoms with Crippen LogP contribution in [0.3, 0.4) is 0 Å². The molecule has 1 fully saturated rings. The van der Waals surface area contributed by atoms with Crippen LogP contribution in [0.25, 0.3) is 0 Å². The molecule has 1 aliphatic rings. The summed E-state index contributed by atoms with van der Waals surface area (Å²) >= 11 is 0. The van der Waals surface area contributed by atoms with Crippen molar-refractivity contribution in [3.05, 3.63) is 53.6 Å². The van der Waals surface area contributed by atoms with Crippen LogP contribution in [0.4, 0.5) is 0 Å². The number of likely N-dealkylation sites (tertiary alicyclic amines) is 1. The molecule has 0 aliphatic carbocycles. The maximum atomic E-state index is 13.0. The average Bonchev–Trinajstić information content (AvgIpc) is 2.83. The fraction of sp³-hybridized carbons (Fsp3) is 0.417. The summed E-state index contributed by atoms with van der Waals surface area (Å²) in [4.78, 5) is 27.3. The van der Waals surface area contributed by atoms with Crippen molar-refractivity contribution in [1.82, 2.24) is 10.2 Å². The normalized spacial score (nSPS) is 14.1. The molecule has 7 nitrogen and oxygen atoms in total. The van der Waals surface area contributed by atoms with Gasteiger partial charge in [0.1, 0.15) is 0 Å². The first-order valence-corrected chi connectivity index (χ1v) is 10.5. The molecule has 7 heteroatoms. The molecular weight excluding hydrogens is 396 g/mol. The molecule has 1 aliphatic heterocycles. The Balaban J connectivity index is 1.54. The summed E-state index contributed by atoms with van der Waals surface area (Å²) < 4.78 is 16.0. The largest absolute Gasteiger partial charge is 0.493 e. The lowest BCUT2D eigenvalue weighted by molar-refractivity contribution is -0.126. The number of carbonyl (C=O) groups excluding carboxylic acids is 2. The van der Waals surface area contributed by atoms with Crippen LogP contribution < -0.4 is 19.5 Å². The number of benzene rings is 2. The minimum Gasteiger partial charge on any atom is -0.493 e. The van der Waals surface area contributed by atoms with Crippen LogP contribution in [-0.4, -0.2) is 57.7 Å². The summed E-state index contributed by atoms with van der Waals surface area (Å²) in [5.74, 6) is 1.22. The van der Waals surface area contributed by atoms with E-state index in [2.05, 4.69) is 17.4 Å². The van der Waals surface area contributed by atoms with Crippen LogP contribution in [0.1, 0.15) is 28.8 Å². The lowest BCUT2D eigenvalue weighted by Crippen LogP contribution is -2.43. The highest BCUT2D eigenvalue weighted by Gasteiger charge is 2.28. The van der Waals surface area contributed by atoms with Gasteiger partial charge in [0.2, 0.25) is 11.7 Å². The zero-order valence-corrected chi connectivity index (χ0v) is 18.3. The molecule has 1 N–H and O–H groups in total. The fourth-order valence-electron chi connectivity index (χ4n) is 3.85. The van der Waals surface area contributed by atoms with Gasteiger partial charge >= 0.3 is 0 Å². The van der Waals surface area contributed by atoms with Gasteiger partial charge in [-0.15, -0.1) is 0 Å². The van der Waals surface area contributed by atoms with Crippen molar-refractivity contribution in [1.29, 1.82) is 0 Å². The van der Waals surface area contributed by atoms with Gasteiger partial charge in [0.05, 0.1) is 21.3 Å². The molecule has 2 amide bonds. The molecule has 31 heavy (non-hydrogen) atoms. The molecule has 0 saturated carbocycles. The number of piperidine rings is 1. The van der Waals surface area contributed by atoms with Gasteiger partial charge in [0, 0.05) is 31.1 Å². The van der Waals surface area contributed by atoms with E-state index in [9.17, 15) is 9.59 Å². The van der Waals surface area contributed by atoms with Crippen molar-refractivity contribution < 1.29 is 23.8 Å². The molecule has 1 saturated heterocycles. The highest BCUT2D eigenvalue weighted by Crippen LogP contribution is 2.38. The Bertz CT molecular complexity index is 867. The molecule has 166 valence electrons. The Labute approximate surface area is 183 Å². The van der Waals surface area contributed by atoms with Crippen molar-refractivity contribution in [2.75, 3.05) is 41.0 Å². The maximum Gasteiger partial charge on any atom is 0.254 e. The van der Waals surface area contributed by atoms with Crippen molar-refractivity contribution in [3.63, 3.8) is 0 Å². The van der Waals surface area contributed by atoms with E-state index < -0.39 is 0 Å². The molecule has 2 aromatic rings. The van der Waals surface area contributed by atoms with Gasteiger partial charge in [-0.05, 0) is 37.0 Å². The molecule has 0 atom stereocenters. The summed E-state index contributed by atoms with van der Waals surface area (Å²) in [7, 11) is 4.57. The molecule has 0 bridgehead atoms. The highest BCUT2D eigenvalue weighted by molar-refractivity contribution is 5.96. The quantitative estimate of drug-likeness (QED) is 0.702. The van der Waals surface area contributed by atoms with Crippen LogP contribution >= 0.6 is 0 Å². The van der Waals surface area contributed by atoms with Crippen LogP contribution in [0.15, 0.2) is 42.5 Å². The number of hydrogen-bond donors (Lipinski definition) is 1. The zero-order valence-electron chi connectivity index (χ0n) is 18.3. The average molecular weight is 427 g/mol. The van der Waals surface area contributed by atoms with Gasteiger partial charge in [0.15, 0.2) is 11.5 Å². The van der Waals surface area contributed by atoms with E-state index in [0.29, 0.717) is 55.3 Å². The lowest BCUT2D eigenvalue weighted by atomic mass is 9.95. The van der Waals surface area contributed by atoms with E-state index in [4.69, 9.17) is 14.2 Å². The Morgan fingerprint density at radius 3 is 2.13 bits per heavy atom. The Morgan fingerprint density at radius 2 is 1.58 bits per heavy atom. The molecule has 0 radical (unpaired) electrons. The van der Waals surface area contributed by atoms with Crippen LogP contribution in [-0.2, 0) is 11.2 Å². The number of ether oxygens (including phenoxy) is 3. The molecular formula is C24H30N2O5. The highest BCUT2D eigenvalue weighted by atomic mass is 16.5. The first kappa shape index (κ1) is 22.5. The van der Waals surface area contributed by atoms with Crippen molar-refractivity contribution in [2.45, 2.75) is 19.3 Å². The molecule has 0 aromatic heterocycles. The fourth-order valence-corrected chi connectivity index (χ4v) is 3.85. The minimum atomic E-state index is -0.109. The van der Waals surface area contributed by atoms with E-state index >= 15 is 0 Å². The Kier molecular flexibility index (Phi) is 7.76. The SMILES string of the molecule is COc1cc(C(=O)N2CCC(C(=O)NCCc3ccccc3)CC2)cc(OC)c1OC. The van der Waals surface area contributed by atoms with Crippen LogP contribution in [0, 0.1) is 5.92 Å². The Hall–Kier alpha value is -3.22. The minimum absolute atomic E-state index is 0.0656. The molecule has 3 rings (SSSR count). The van der Waals surface area contributed by atoms with Crippen LogP contribution in [0.5, 0.6) is 17.2 Å². The Morgan fingerprint density at radius 1 is 0.968 bits per heavy atom. The van der Waals surface area contributed by atoms with Gasteiger partial charge in [0.25, 0.3) is 5.91 Å². The molecule has 0 unspecified atom stereocenters. The summed E-state index contributed by atoms with van der Waals surface area (Å²) in [6, 6.07) is 13.4. The first-order valence-electron chi connectivity index (χ1n) is 10.5. The molecule has 0 spiro atoms. The number of nitrogens with zero attached hydrogens (tertiary/aromatic N) is 1. The summed E-state index contributed by atoms with van der Waals surface area (Å²) in [5, 5.41) is 3.03. The van der Waals surface area contributed by atoms with Crippen molar-refractivity contribution >= 4 is 11.8 Å². The predicted molar refractivity (Wildman–Crippen MR) is 118 cm³/mol. The number of rotatable bonds is 8. The van der Waals surface area contributed by atoms with Gasteiger partial charge in [-0.25, -0.2) is 0 Å². The third-order valence-electron chi connectivity index (χ3n) is 5.62. The second-order valence-corrected chi connectivity index (χ2v) is 7.51. The zero-order chi connectivity index (χ0) is 22.2. The third kappa shape index (κ3) is 5.48. The first-order chi connectivity index (χ1) is 15.1. The predicted octanol–water partition coefficient (Wildman–Crippen LogP) is 2.92. The third-order valence-corrected chi connectivity index (χ3v) is 5.62. The monoisotopic (exact) mass is 426 g/mol. The van der Waals surface area contributed by atoms with Gasteiger partial charge in [-0.3, -0.25) is 9.59 Å². The number of amides is 2. The summed E-state index contributed by atoms with van der Waals surface area (Å²) in [6.07, 6.45) is 2.10. The number of nitrogens with one attached hydrogen (secondary N) is 1. The van der Waals surface area contributed by atoms with E-state index in [1.807, 2.05) is 18.2 Å². The number of carbonyl (C=O) groups is 2. The lowest BCUT2D eigenvalue weighted by Gasteiger charge is -2.31. The van der Waals surface area contributed by atoms with E-state index in [-0.39, 0.29) is 17.7 Å².